The van der Waals surface area contributed by atoms with E-state index >= 15 is 0 Å². The lowest BCUT2D eigenvalue weighted by atomic mass is 10.1. The molecule has 0 N–H and O–H groups in total. The number of halogens is 1. The molecule has 0 bridgehead atoms. The van der Waals surface area contributed by atoms with Gasteiger partial charge < -0.3 is 0 Å². The maximum absolute atomic E-state index is 5.79. The van der Waals surface area contributed by atoms with E-state index < -0.39 is 0 Å². The zero-order chi connectivity index (χ0) is 11.4. The zero-order valence-corrected chi connectivity index (χ0v) is 9.80. The summed E-state index contributed by atoms with van der Waals surface area (Å²) in [5.41, 5.74) is 0.976. The van der Waals surface area contributed by atoms with Crippen molar-refractivity contribution in [2.24, 2.45) is 5.92 Å². The Morgan fingerprint density at radius 2 is 2.06 bits per heavy atom. The summed E-state index contributed by atoms with van der Waals surface area (Å²) in [6, 6.07) is 9.85. The fourth-order valence-corrected chi connectivity index (χ4v) is 1.58. The second-order valence-electron chi connectivity index (χ2n) is 3.81. The van der Waals surface area contributed by atoms with Crippen molar-refractivity contribution >= 4 is 11.6 Å². The van der Waals surface area contributed by atoms with Crippen LogP contribution in [0.4, 0.5) is 0 Å². The molecule has 0 saturated heterocycles. The number of aromatic nitrogens is 4. The van der Waals surface area contributed by atoms with Gasteiger partial charge in [0, 0.05) is 12.3 Å². The Bertz CT molecular complexity index is 440. The van der Waals surface area contributed by atoms with Crippen molar-refractivity contribution in [2.45, 2.75) is 13.3 Å². The first-order chi connectivity index (χ1) is 7.81. The molecule has 84 valence electrons. The maximum atomic E-state index is 5.79. The topological polar surface area (TPSA) is 43.6 Å². The monoisotopic (exact) mass is 236 g/mol. The SMILES string of the molecule is CC(CCl)Cc1nnnn1-c1ccccc1. The van der Waals surface area contributed by atoms with E-state index in [-0.39, 0.29) is 0 Å². The van der Waals surface area contributed by atoms with Crippen molar-refractivity contribution < 1.29 is 0 Å². The molecule has 0 aliphatic rings. The lowest BCUT2D eigenvalue weighted by Crippen LogP contribution is -2.09. The highest BCUT2D eigenvalue weighted by molar-refractivity contribution is 6.18. The third-order valence-corrected chi connectivity index (χ3v) is 2.86. The van der Waals surface area contributed by atoms with Crippen LogP contribution in [-0.4, -0.2) is 26.1 Å². The van der Waals surface area contributed by atoms with Crippen molar-refractivity contribution in [3.8, 4) is 5.69 Å². The van der Waals surface area contributed by atoms with Gasteiger partial charge in [0.1, 0.15) is 0 Å². The molecule has 0 radical (unpaired) electrons. The van der Waals surface area contributed by atoms with Crippen LogP contribution >= 0.6 is 11.6 Å². The molecule has 0 amide bonds. The van der Waals surface area contributed by atoms with Crippen molar-refractivity contribution in [1.29, 1.82) is 0 Å². The minimum Gasteiger partial charge on any atom is -0.197 e. The van der Waals surface area contributed by atoms with Crippen LogP contribution in [0.5, 0.6) is 0 Å². The van der Waals surface area contributed by atoms with Gasteiger partial charge in [0.15, 0.2) is 5.82 Å². The molecule has 16 heavy (non-hydrogen) atoms. The van der Waals surface area contributed by atoms with E-state index in [0.717, 1.165) is 17.9 Å². The molecule has 0 aliphatic carbocycles. The summed E-state index contributed by atoms with van der Waals surface area (Å²) < 4.78 is 1.75. The van der Waals surface area contributed by atoms with Gasteiger partial charge in [0.2, 0.25) is 0 Å². The van der Waals surface area contributed by atoms with E-state index in [4.69, 9.17) is 11.6 Å². The van der Waals surface area contributed by atoms with Crippen LogP contribution in [0.15, 0.2) is 30.3 Å². The number of hydrogen-bond donors (Lipinski definition) is 0. The minimum atomic E-state index is 0.370. The summed E-state index contributed by atoms with van der Waals surface area (Å²) >= 11 is 5.79. The fraction of sp³-hybridized carbons (Fsp3) is 0.364. The first-order valence-electron chi connectivity index (χ1n) is 5.20. The van der Waals surface area contributed by atoms with Gasteiger partial charge in [-0.2, -0.15) is 4.68 Å². The second-order valence-corrected chi connectivity index (χ2v) is 4.11. The van der Waals surface area contributed by atoms with Gasteiger partial charge in [-0.15, -0.1) is 16.7 Å². The molecular weight excluding hydrogens is 224 g/mol. The minimum absolute atomic E-state index is 0.370. The maximum Gasteiger partial charge on any atom is 0.157 e. The standard InChI is InChI=1S/C11H13ClN4/c1-9(8-12)7-11-13-14-15-16(11)10-5-3-2-4-6-10/h2-6,9H,7-8H2,1H3. The summed E-state index contributed by atoms with van der Waals surface area (Å²) in [7, 11) is 0. The van der Waals surface area contributed by atoms with Crippen LogP contribution in [0.1, 0.15) is 12.7 Å². The van der Waals surface area contributed by atoms with Crippen LogP contribution in [-0.2, 0) is 6.42 Å². The average Bonchev–Trinajstić information content (AvgIpc) is 2.78. The molecule has 0 saturated carbocycles. The zero-order valence-electron chi connectivity index (χ0n) is 9.05. The van der Waals surface area contributed by atoms with Gasteiger partial charge in [0.05, 0.1) is 5.69 Å². The molecule has 1 unspecified atom stereocenters. The first-order valence-corrected chi connectivity index (χ1v) is 5.73. The lowest BCUT2D eigenvalue weighted by molar-refractivity contribution is 0.610. The Kier molecular flexibility index (Phi) is 3.51. The Morgan fingerprint density at radius 1 is 1.31 bits per heavy atom. The first kappa shape index (κ1) is 11.1. The van der Waals surface area contributed by atoms with Gasteiger partial charge in [-0.3, -0.25) is 0 Å². The fourth-order valence-electron chi connectivity index (χ4n) is 1.47. The Balaban J connectivity index is 2.26. The molecule has 4 nitrogen and oxygen atoms in total. The Labute approximate surface area is 99.2 Å². The molecule has 2 aromatic rings. The third-order valence-electron chi connectivity index (χ3n) is 2.33. The number of rotatable bonds is 4. The van der Waals surface area contributed by atoms with Crippen molar-refractivity contribution in [2.75, 3.05) is 5.88 Å². The third kappa shape index (κ3) is 2.39. The number of benzene rings is 1. The molecule has 0 spiro atoms. The predicted molar refractivity (Wildman–Crippen MR) is 62.7 cm³/mol. The molecule has 0 aliphatic heterocycles. The van der Waals surface area contributed by atoms with E-state index in [1.807, 2.05) is 30.3 Å². The van der Waals surface area contributed by atoms with E-state index in [1.54, 1.807) is 4.68 Å². The molecule has 1 atom stereocenters. The normalized spacial score (nSPS) is 12.6. The summed E-state index contributed by atoms with van der Waals surface area (Å²) in [5.74, 6) is 1.83. The Hall–Kier alpha value is -1.42. The van der Waals surface area contributed by atoms with Crippen LogP contribution in [0.25, 0.3) is 5.69 Å². The summed E-state index contributed by atoms with van der Waals surface area (Å²) in [6.07, 6.45) is 0.783. The van der Waals surface area contributed by atoms with E-state index in [2.05, 4.69) is 22.4 Å². The highest BCUT2D eigenvalue weighted by Crippen LogP contribution is 2.11. The molecule has 0 fully saturated rings. The van der Waals surface area contributed by atoms with Gasteiger partial charge in [-0.05, 0) is 28.5 Å². The van der Waals surface area contributed by atoms with Crippen LogP contribution in [0.3, 0.4) is 0 Å². The van der Waals surface area contributed by atoms with Crippen molar-refractivity contribution in [1.82, 2.24) is 20.2 Å². The van der Waals surface area contributed by atoms with Crippen molar-refractivity contribution in [3.63, 3.8) is 0 Å². The van der Waals surface area contributed by atoms with Crippen LogP contribution < -0.4 is 0 Å². The highest BCUT2D eigenvalue weighted by atomic mass is 35.5. The summed E-state index contributed by atoms with van der Waals surface area (Å²) in [5, 5.41) is 11.7. The average molecular weight is 237 g/mol. The second kappa shape index (κ2) is 5.07. The largest absolute Gasteiger partial charge is 0.197 e. The molecule has 1 aromatic heterocycles. The van der Waals surface area contributed by atoms with E-state index in [1.165, 1.54) is 0 Å². The lowest BCUT2D eigenvalue weighted by Gasteiger charge is -2.07. The van der Waals surface area contributed by atoms with E-state index in [0.29, 0.717) is 11.8 Å². The van der Waals surface area contributed by atoms with Crippen molar-refractivity contribution in [3.05, 3.63) is 36.2 Å². The number of hydrogen-bond acceptors (Lipinski definition) is 3. The van der Waals surface area contributed by atoms with Crippen LogP contribution in [0, 0.1) is 5.92 Å². The number of tetrazole rings is 1. The van der Waals surface area contributed by atoms with Gasteiger partial charge in [0.25, 0.3) is 0 Å². The number of alkyl halides is 1. The van der Waals surface area contributed by atoms with Gasteiger partial charge in [-0.25, -0.2) is 0 Å². The number of para-hydroxylation sites is 1. The van der Waals surface area contributed by atoms with Gasteiger partial charge in [-0.1, -0.05) is 25.1 Å². The summed E-state index contributed by atoms with van der Waals surface area (Å²) in [6.45, 7) is 2.08. The van der Waals surface area contributed by atoms with Gasteiger partial charge >= 0.3 is 0 Å². The molecule has 5 heteroatoms. The number of nitrogens with zero attached hydrogens (tertiary/aromatic N) is 4. The molecule has 2 rings (SSSR count). The Morgan fingerprint density at radius 3 is 2.75 bits per heavy atom. The molecule has 1 aromatic carbocycles. The van der Waals surface area contributed by atoms with Crippen LogP contribution in [0.2, 0.25) is 0 Å². The molecule has 1 heterocycles. The quantitative estimate of drug-likeness (QED) is 0.764. The highest BCUT2D eigenvalue weighted by Gasteiger charge is 2.11. The van der Waals surface area contributed by atoms with E-state index in [9.17, 15) is 0 Å². The summed E-state index contributed by atoms with van der Waals surface area (Å²) in [4.78, 5) is 0. The molecular formula is C11H13ClN4. The smallest absolute Gasteiger partial charge is 0.157 e. The predicted octanol–water partition coefficient (Wildman–Crippen LogP) is 2.08.